The standard InChI is InChI=1S/C15H23N5O/c21-15(11-16-9-12-5-6-12)17-10-13-3-2-8-20(13)14-4-1-7-18-19-14/h1,4,7,12-13,16H,2-3,5-6,8-11H2,(H,17,21). The van der Waals surface area contributed by atoms with Crippen LogP contribution in [0.2, 0.25) is 0 Å². The van der Waals surface area contributed by atoms with Crippen molar-refractivity contribution < 1.29 is 4.79 Å². The smallest absolute Gasteiger partial charge is 0.234 e. The maximum atomic E-state index is 11.8. The Morgan fingerprint density at radius 3 is 3.00 bits per heavy atom. The Kier molecular flexibility index (Phi) is 4.65. The van der Waals surface area contributed by atoms with E-state index in [9.17, 15) is 4.79 Å². The van der Waals surface area contributed by atoms with Gasteiger partial charge < -0.3 is 15.5 Å². The van der Waals surface area contributed by atoms with Crippen molar-refractivity contribution in [1.29, 1.82) is 0 Å². The van der Waals surface area contributed by atoms with Crippen LogP contribution in [0.1, 0.15) is 25.7 Å². The molecule has 21 heavy (non-hydrogen) atoms. The van der Waals surface area contributed by atoms with Crippen LogP contribution in [-0.4, -0.2) is 48.3 Å². The third kappa shape index (κ3) is 4.14. The minimum absolute atomic E-state index is 0.0849. The largest absolute Gasteiger partial charge is 0.353 e. The number of rotatable bonds is 7. The summed E-state index contributed by atoms with van der Waals surface area (Å²) >= 11 is 0. The predicted octanol–water partition coefficient (Wildman–Crippen LogP) is 0.561. The summed E-state index contributed by atoms with van der Waals surface area (Å²) in [7, 11) is 0. The Balaban J connectivity index is 1.42. The van der Waals surface area contributed by atoms with E-state index >= 15 is 0 Å². The summed E-state index contributed by atoms with van der Waals surface area (Å²) in [5.41, 5.74) is 0. The van der Waals surface area contributed by atoms with Crippen molar-refractivity contribution in [2.75, 3.05) is 31.1 Å². The molecule has 1 aliphatic heterocycles. The lowest BCUT2D eigenvalue weighted by molar-refractivity contribution is -0.120. The van der Waals surface area contributed by atoms with Crippen molar-refractivity contribution in [3.63, 3.8) is 0 Å². The lowest BCUT2D eigenvalue weighted by Gasteiger charge is -2.25. The molecule has 1 aromatic rings. The van der Waals surface area contributed by atoms with Crippen molar-refractivity contribution in [1.82, 2.24) is 20.8 Å². The van der Waals surface area contributed by atoms with Gasteiger partial charge in [0.1, 0.15) is 0 Å². The summed E-state index contributed by atoms with van der Waals surface area (Å²) in [5, 5.41) is 14.3. The molecule has 1 saturated heterocycles. The van der Waals surface area contributed by atoms with Crippen molar-refractivity contribution >= 4 is 11.7 Å². The molecule has 0 radical (unpaired) electrons. The van der Waals surface area contributed by atoms with Gasteiger partial charge >= 0.3 is 0 Å². The number of carbonyl (C=O) groups is 1. The van der Waals surface area contributed by atoms with Crippen LogP contribution < -0.4 is 15.5 Å². The van der Waals surface area contributed by atoms with Gasteiger partial charge in [-0.05, 0) is 50.3 Å². The topological polar surface area (TPSA) is 70.2 Å². The summed E-state index contributed by atoms with van der Waals surface area (Å²) < 4.78 is 0. The van der Waals surface area contributed by atoms with Gasteiger partial charge in [-0.1, -0.05) is 0 Å². The van der Waals surface area contributed by atoms with Crippen LogP contribution >= 0.6 is 0 Å². The normalized spacial score (nSPS) is 21.5. The molecule has 1 atom stereocenters. The van der Waals surface area contributed by atoms with E-state index in [2.05, 4.69) is 25.7 Å². The molecule has 1 aliphatic carbocycles. The maximum absolute atomic E-state index is 11.8. The van der Waals surface area contributed by atoms with Crippen LogP contribution in [0, 0.1) is 5.92 Å². The molecular formula is C15H23N5O. The van der Waals surface area contributed by atoms with E-state index in [0.717, 1.165) is 37.7 Å². The molecule has 2 heterocycles. The summed E-state index contributed by atoms with van der Waals surface area (Å²) in [6, 6.07) is 4.21. The third-order valence-electron chi connectivity index (χ3n) is 4.18. The van der Waals surface area contributed by atoms with Crippen molar-refractivity contribution in [3.05, 3.63) is 18.3 Å². The Bertz CT molecular complexity index is 462. The molecule has 2 aliphatic rings. The SMILES string of the molecule is O=C(CNCC1CC1)NCC1CCCN1c1cccnn1. The van der Waals surface area contributed by atoms with Crippen molar-refractivity contribution in [2.45, 2.75) is 31.7 Å². The van der Waals surface area contributed by atoms with Gasteiger partial charge in [0, 0.05) is 25.3 Å². The van der Waals surface area contributed by atoms with E-state index in [-0.39, 0.29) is 5.91 Å². The summed E-state index contributed by atoms with van der Waals surface area (Å²) in [5.74, 6) is 1.79. The molecule has 1 unspecified atom stereocenters. The summed E-state index contributed by atoms with van der Waals surface area (Å²) in [6.07, 6.45) is 6.53. The highest BCUT2D eigenvalue weighted by atomic mass is 16.1. The molecule has 1 amide bonds. The molecule has 6 heteroatoms. The second-order valence-electron chi connectivity index (χ2n) is 5.95. The van der Waals surface area contributed by atoms with Gasteiger partial charge in [0.15, 0.2) is 5.82 Å². The Hall–Kier alpha value is -1.69. The van der Waals surface area contributed by atoms with Gasteiger partial charge in [0.25, 0.3) is 0 Å². The first-order chi connectivity index (χ1) is 10.3. The van der Waals surface area contributed by atoms with Crippen molar-refractivity contribution in [3.8, 4) is 0 Å². The van der Waals surface area contributed by atoms with Gasteiger partial charge in [0.2, 0.25) is 5.91 Å². The average molecular weight is 289 g/mol. The Morgan fingerprint density at radius 2 is 2.24 bits per heavy atom. The fourth-order valence-corrected chi connectivity index (χ4v) is 2.80. The van der Waals surface area contributed by atoms with Gasteiger partial charge in [0.05, 0.1) is 6.54 Å². The van der Waals surface area contributed by atoms with Crippen LogP contribution in [0.5, 0.6) is 0 Å². The molecule has 1 aromatic heterocycles. The Morgan fingerprint density at radius 1 is 1.33 bits per heavy atom. The minimum Gasteiger partial charge on any atom is -0.353 e. The molecule has 0 spiro atoms. The number of hydrogen-bond acceptors (Lipinski definition) is 5. The number of amides is 1. The summed E-state index contributed by atoms with van der Waals surface area (Å²) in [4.78, 5) is 14.1. The van der Waals surface area contributed by atoms with E-state index < -0.39 is 0 Å². The first-order valence-corrected chi connectivity index (χ1v) is 7.84. The lowest BCUT2D eigenvalue weighted by Crippen LogP contribution is -2.43. The van der Waals surface area contributed by atoms with Gasteiger partial charge in [-0.25, -0.2) is 0 Å². The monoisotopic (exact) mass is 289 g/mol. The zero-order chi connectivity index (χ0) is 14.5. The van der Waals surface area contributed by atoms with Crippen LogP contribution in [0.4, 0.5) is 5.82 Å². The first kappa shape index (κ1) is 14.3. The van der Waals surface area contributed by atoms with Gasteiger partial charge in [-0.3, -0.25) is 4.79 Å². The number of anilines is 1. The van der Waals surface area contributed by atoms with Crippen LogP contribution in [0.25, 0.3) is 0 Å². The number of carbonyl (C=O) groups excluding carboxylic acids is 1. The number of nitrogens with zero attached hydrogens (tertiary/aromatic N) is 3. The zero-order valence-corrected chi connectivity index (χ0v) is 12.3. The third-order valence-corrected chi connectivity index (χ3v) is 4.18. The van der Waals surface area contributed by atoms with Crippen LogP contribution in [0.15, 0.2) is 18.3 Å². The molecule has 2 fully saturated rings. The van der Waals surface area contributed by atoms with E-state index in [1.54, 1.807) is 6.20 Å². The molecule has 114 valence electrons. The molecular weight excluding hydrogens is 266 g/mol. The summed E-state index contributed by atoms with van der Waals surface area (Å²) in [6.45, 7) is 3.07. The van der Waals surface area contributed by atoms with Crippen LogP contribution in [-0.2, 0) is 4.79 Å². The fourth-order valence-electron chi connectivity index (χ4n) is 2.80. The zero-order valence-electron chi connectivity index (χ0n) is 12.3. The van der Waals surface area contributed by atoms with Crippen molar-refractivity contribution in [2.24, 2.45) is 5.92 Å². The molecule has 6 nitrogen and oxygen atoms in total. The second-order valence-corrected chi connectivity index (χ2v) is 5.95. The number of hydrogen-bond donors (Lipinski definition) is 2. The molecule has 3 rings (SSSR count). The quantitative estimate of drug-likeness (QED) is 0.767. The highest BCUT2D eigenvalue weighted by molar-refractivity contribution is 5.78. The fraction of sp³-hybridized carbons (Fsp3) is 0.667. The van der Waals surface area contributed by atoms with E-state index in [0.29, 0.717) is 19.1 Å². The number of nitrogens with one attached hydrogen (secondary N) is 2. The number of aromatic nitrogens is 2. The highest BCUT2D eigenvalue weighted by Gasteiger charge is 2.26. The predicted molar refractivity (Wildman–Crippen MR) is 81.0 cm³/mol. The molecule has 1 saturated carbocycles. The average Bonchev–Trinajstić information content (AvgIpc) is 3.21. The molecule has 2 N–H and O–H groups in total. The minimum atomic E-state index is 0.0849. The second kappa shape index (κ2) is 6.85. The molecule has 0 bridgehead atoms. The molecule has 0 aromatic carbocycles. The maximum Gasteiger partial charge on any atom is 0.234 e. The Labute approximate surface area is 125 Å². The highest BCUT2D eigenvalue weighted by Crippen LogP contribution is 2.27. The van der Waals surface area contributed by atoms with E-state index in [1.165, 1.54) is 12.8 Å². The van der Waals surface area contributed by atoms with Crippen LogP contribution in [0.3, 0.4) is 0 Å². The van der Waals surface area contributed by atoms with E-state index in [1.807, 2.05) is 12.1 Å². The van der Waals surface area contributed by atoms with E-state index in [4.69, 9.17) is 0 Å². The van der Waals surface area contributed by atoms with Gasteiger partial charge in [-0.2, -0.15) is 5.10 Å². The lowest BCUT2D eigenvalue weighted by atomic mass is 10.2. The first-order valence-electron chi connectivity index (χ1n) is 7.84. The van der Waals surface area contributed by atoms with Gasteiger partial charge in [-0.15, -0.1) is 5.10 Å².